The van der Waals surface area contributed by atoms with Gasteiger partial charge in [-0.25, -0.2) is 4.79 Å². The minimum atomic E-state index is -0.975. The van der Waals surface area contributed by atoms with Crippen LogP contribution in [0.3, 0.4) is 0 Å². The summed E-state index contributed by atoms with van der Waals surface area (Å²) in [5.41, 5.74) is 6.79. The van der Waals surface area contributed by atoms with Crippen molar-refractivity contribution in [3.05, 3.63) is 72.6 Å². The molecule has 2 heterocycles. The van der Waals surface area contributed by atoms with Crippen LogP contribution in [0.15, 0.2) is 46.8 Å². The van der Waals surface area contributed by atoms with Gasteiger partial charge in [0.15, 0.2) is 23.0 Å². The molecule has 11 heteroatoms. The first-order valence-corrected chi connectivity index (χ1v) is 11.3. The standard InChI is InChI=1S/C25H21N3O7S/c1-33-17-8-12(4-6-15(17)29)9-19-23(31)28-22(27)14(11-26)20(21(24(28)36-19)25(32)35-3)13-5-7-16(30)18(10-13)34-2/h4-10,20,29-30H,27H2,1-3H3/b19-9-/t20-/m0/s1. The molecule has 4 rings (SSSR count). The van der Waals surface area contributed by atoms with Gasteiger partial charge in [0.25, 0.3) is 5.56 Å². The predicted octanol–water partition coefficient (Wildman–Crippen LogP) is 0.939. The molecule has 0 spiro atoms. The van der Waals surface area contributed by atoms with E-state index in [1.54, 1.807) is 18.2 Å². The fourth-order valence-corrected chi connectivity index (χ4v) is 5.16. The predicted molar refractivity (Wildman–Crippen MR) is 132 cm³/mol. The smallest absolute Gasteiger partial charge is 0.337 e. The van der Waals surface area contributed by atoms with Gasteiger partial charge < -0.3 is 30.2 Å². The van der Waals surface area contributed by atoms with Crippen molar-refractivity contribution >= 4 is 34.8 Å². The lowest BCUT2D eigenvalue weighted by molar-refractivity contribution is -0.134. The quantitative estimate of drug-likeness (QED) is 0.428. The summed E-state index contributed by atoms with van der Waals surface area (Å²) >= 11 is 1.00. The maximum atomic E-state index is 13.4. The number of thiazole rings is 1. The van der Waals surface area contributed by atoms with Crippen molar-refractivity contribution in [3.8, 4) is 29.1 Å². The number of allylic oxidation sites excluding steroid dienone is 1. The Morgan fingerprint density at radius 2 is 1.75 bits per heavy atom. The average molecular weight is 508 g/mol. The van der Waals surface area contributed by atoms with E-state index in [1.807, 2.05) is 6.07 Å². The van der Waals surface area contributed by atoms with E-state index in [-0.39, 0.29) is 49.2 Å². The number of ether oxygens (including phenoxy) is 3. The molecule has 2 aromatic carbocycles. The first-order valence-electron chi connectivity index (χ1n) is 10.5. The number of hydrogen-bond acceptors (Lipinski definition) is 10. The highest BCUT2D eigenvalue weighted by atomic mass is 32.1. The number of rotatable bonds is 5. The highest BCUT2D eigenvalue weighted by Gasteiger charge is 2.36. The van der Waals surface area contributed by atoms with Crippen molar-refractivity contribution in [1.29, 1.82) is 5.26 Å². The number of carbonyl (C=O) groups excluding carboxylic acids is 1. The molecule has 0 bridgehead atoms. The SMILES string of the molecule is COC(=O)C1=c2s/c(=C\c3ccc(O)c(OC)c3)c(=O)n2C(N)=C(C#N)[C@@H]1c1ccc(O)c(OC)c1. The van der Waals surface area contributed by atoms with Crippen LogP contribution in [0.4, 0.5) is 0 Å². The van der Waals surface area contributed by atoms with E-state index in [1.165, 1.54) is 45.6 Å². The zero-order chi connectivity index (χ0) is 26.1. The number of phenolic OH excluding ortho intramolecular Hbond substituents is 2. The van der Waals surface area contributed by atoms with Gasteiger partial charge in [0, 0.05) is 0 Å². The van der Waals surface area contributed by atoms with Crippen LogP contribution in [0.5, 0.6) is 23.0 Å². The van der Waals surface area contributed by atoms with Gasteiger partial charge in [0.05, 0.1) is 49.0 Å². The molecular weight excluding hydrogens is 486 g/mol. The number of hydrogen-bond donors (Lipinski definition) is 3. The number of benzene rings is 2. The van der Waals surface area contributed by atoms with E-state index >= 15 is 0 Å². The molecule has 0 saturated carbocycles. The molecule has 0 unspecified atom stereocenters. The molecule has 0 aliphatic carbocycles. The maximum Gasteiger partial charge on any atom is 0.337 e. The Hall–Kier alpha value is -4.69. The Morgan fingerprint density at radius 1 is 1.11 bits per heavy atom. The number of esters is 1. The first-order chi connectivity index (χ1) is 17.2. The van der Waals surface area contributed by atoms with Crippen molar-refractivity contribution in [2.24, 2.45) is 5.73 Å². The molecular formula is C25H21N3O7S. The average Bonchev–Trinajstić information content (AvgIpc) is 3.20. The molecule has 36 heavy (non-hydrogen) atoms. The van der Waals surface area contributed by atoms with E-state index in [2.05, 4.69) is 0 Å². The van der Waals surface area contributed by atoms with Crippen molar-refractivity contribution in [2.75, 3.05) is 21.3 Å². The molecule has 0 radical (unpaired) electrons. The summed E-state index contributed by atoms with van der Waals surface area (Å²) in [5.74, 6) is -1.67. The van der Waals surface area contributed by atoms with Crippen molar-refractivity contribution < 1.29 is 29.2 Å². The molecule has 0 amide bonds. The zero-order valence-electron chi connectivity index (χ0n) is 19.4. The summed E-state index contributed by atoms with van der Waals surface area (Å²) in [4.78, 5) is 26.4. The zero-order valence-corrected chi connectivity index (χ0v) is 20.3. The van der Waals surface area contributed by atoms with Crippen molar-refractivity contribution in [2.45, 2.75) is 5.92 Å². The van der Waals surface area contributed by atoms with E-state index in [0.29, 0.717) is 11.1 Å². The Bertz CT molecular complexity index is 1640. The fourth-order valence-electron chi connectivity index (χ4n) is 4.00. The van der Waals surface area contributed by atoms with Crippen molar-refractivity contribution in [1.82, 2.24) is 4.57 Å². The van der Waals surface area contributed by atoms with Gasteiger partial charge >= 0.3 is 5.97 Å². The molecule has 1 aromatic heterocycles. The molecule has 1 aliphatic heterocycles. The third kappa shape index (κ3) is 3.93. The molecule has 184 valence electrons. The van der Waals surface area contributed by atoms with Gasteiger partial charge in [-0.2, -0.15) is 5.26 Å². The second-order valence-corrected chi connectivity index (χ2v) is 8.70. The van der Waals surface area contributed by atoms with Crippen LogP contribution >= 0.6 is 11.3 Å². The van der Waals surface area contributed by atoms with Crippen LogP contribution in [0.25, 0.3) is 17.5 Å². The number of fused-ring (bicyclic) bond motifs is 1. The molecule has 4 N–H and O–H groups in total. The highest BCUT2D eigenvalue weighted by molar-refractivity contribution is 7.07. The van der Waals surface area contributed by atoms with Crippen LogP contribution < -0.4 is 30.0 Å². The minimum Gasteiger partial charge on any atom is -0.504 e. The van der Waals surface area contributed by atoms with Gasteiger partial charge in [-0.05, 0) is 41.5 Å². The number of nitriles is 1. The number of aromatic nitrogens is 1. The first kappa shape index (κ1) is 24.4. The third-order valence-corrected chi connectivity index (χ3v) is 6.82. The van der Waals surface area contributed by atoms with Crippen molar-refractivity contribution in [3.63, 3.8) is 0 Å². The van der Waals surface area contributed by atoms with Crippen LogP contribution in [0.2, 0.25) is 0 Å². The summed E-state index contributed by atoms with van der Waals surface area (Å²) in [6.07, 6.45) is 1.56. The summed E-state index contributed by atoms with van der Waals surface area (Å²) in [6.45, 7) is 0. The second kappa shape index (κ2) is 9.52. The van der Waals surface area contributed by atoms with E-state index in [9.17, 15) is 25.1 Å². The largest absolute Gasteiger partial charge is 0.504 e. The topological polar surface area (TPSA) is 157 Å². The number of carbonyl (C=O) groups is 1. The fraction of sp³-hybridized carbons (Fsp3) is 0.160. The lowest BCUT2D eigenvalue weighted by Gasteiger charge is -2.24. The van der Waals surface area contributed by atoms with E-state index in [0.717, 1.165) is 15.9 Å². The molecule has 10 nitrogen and oxygen atoms in total. The summed E-state index contributed by atoms with van der Waals surface area (Å²) in [5, 5.41) is 29.9. The van der Waals surface area contributed by atoms with E-state index < -0.39 is 17.4 Å². The monoisotopic (exact) mass is 507 g/mol. The summed E-state index contributed by atoms with van der Waals surface area (Å²) < 4.78 is 16.9. The van der Waals surface area contributed by atoms with Gasteiger partial charge in [0.2, 0.25) is 0 Å². The van der Waals surface area contributed by atoms with E-state index in [4.69, 9.17) is 19.9 Å². The lowest BCUT2D eigenvalue weighted by Crippen LogP contribution is -2.40. The molecule has 1 atom stereocenters. The molecule has 0 fully saturated rings. The molecule has 0 saturated heterocycles. The number of nitrogens with zero attached hydrogens (tertiary/aromatic N) is 2. The van der Waals surface area contributed by atoms with Crippen LogP contribution in [0.1, 0.15) is 17.0 Å². The number of methoxy groups -OCH3 is 3. The van der Waals surface area contributed by atoms with Gasteiger partial charge in [-0.15, -0.1) is 11.3 Å². The summed E-state index contributed by atoms with van der Waals surface area (Å²) in [7, 11) is 3.98. The Labute approximate surface area is 208 Å². The Morgan fingerprint density at radius 3 is 2.36 bits per heavy atom. The number of nitrogens with two attached hydrogens (primary N) is 1. The van der Waals surface area contributed by atoms with Gasteiger partial charge in [0.1, 0.15) is 10.5 Å². The number of phenols is 2. The Kier molecular flexibility index (Phi) is 6.46. The lowest BCUT2D eigenvalue weighted by atomic mass is 9.83. The maximum absolute atomic E-state index is 13.4. The highest BCUT2D eigenvalue weighted by Crippen LogP contribution is 2.39. The number of aromatic hydroxyl groups is 2. The summed E-state index contributed by atoms with van der Waals surface area (Å²) in [6, 6.07) is 11.0. The normalized spacial score (nSPS) is 15.3. The van der Waals surface area contributed by atoms with Gasteiger partial charge in [-0.3, -0.25) is 9.36 Å². The van der Waals surface area contributed by atoms with Crippen LogP contribution in [-0.4, -0.2) is 42.1 Å². The molecule has 1 aliphatic rings. The van der Waals surface area contributed by atoms with Crippen LogP contribution in [0, 0.1) is 11.3 Å². The Balaban J connectivity index is 2.07. The third-order valence-electron chi connectivity index (χ3n) is 5.71. The minimum absolute atomic E-state index is 0.0339. The van der Waals surface area contributed by atoms with Crippen LogP contribution in [-0.2, 0) is 9.53 Å². The molecule has 3 aromatic rings. The van der Waals surface area contributed by atoms with Gasteiger partial charge in [-0.1, -0.05) is 12.1 Å². The second-order valence-electron chi connectivity index (χ2n) is 7.67.